The number of fused-ring (bicyclic) bond motifs is 1. The Labute approximate surface area is 185 Å². The van der Waals surface area contributed by atoms with Gasteiger partial charge in [0.1, 0.15) is 5.82 Å². The standard InChI is InChI=1S/C23H22N8O/c1-15-9-10-16(20(25)32)13-19(15)27-21-18-14-26-31(17-7-4-3-5-8-17)22(18)29-23(28-21)30(2)12-6-11-24/h3-5,7-10,13-14H,6,12H2,1-2H3,(H2,25,32)(H,27,28,29). The third-order valence-corrected chi connectivity index (χ3v) is 5.09. The topological polar surface area (TPSA) is 126 Å². The quantitative estimate of drug-likeness (QED) is 0.464. The van der Waals surface area contributed by atoms with Crippen LogP contribution in [0.3, 0.4) is 0 Å². The van der Waals surface area contributed by atoms with Crippen LogP contribution in [0.5, 0.6) is 0 Å². The van der Waals surface area contributed by atoms with E-state index in [0.29, 0.717) is 41.6 Å². The lowest BCUT2D eigenvalue weighted by atomic mass is 10.1. The Morgan fingerprint density at radius 1 is 1.22 bits per heavy atom. The SMILES string of the molecule is Cc1ccc(C(N)=O)cc1Nc1nc(N(C)CCC#N)nc2c1cnn2-c1ccccc1. The fourth-order valence-electron chi connectivity index (χ4n) is 3.28. The number of para-hydroxylation sites is 1. The number of amides is 1. The first-order valence-corrected chi connectivity index (χ1v) is 10.0. The Balaban J connectivity index is 1.86. The zero-order valence-corrected chi connectivity index (χ0v) is 17.8. The highest BCUT2D eigenvalue weighted by Gasteiger charge is 2.17. The number of aryl methyl sites for hydroxylation is 1. The van der Waals surface area contributed by atoms with Gasteiger partial charge in [0, 0.05) is 24.8 Å². The first kappa shape index (κ1) is 20.8. The van der Waals surface area contributed by atoms with Gasteiger partial charge in [-0.1, -0.05) is 24.3 Å². The molecule has 0 radical (unpaired) electrons. The molecule has 2 heterocycles. The lowest BCUT2D eigenvalue weighted by Gasteiger charge is -2.18. The number of carbonyl (C=O) groups excluding carboxylic acids is 1. The Hall–Kier alpha value is -4.45. The molecular formula is C23H22N8O. The number of nitrogens with two attached hydrogens (primary N) is 1. The van der Waals surface area contributed by atoms with E-state index in [1.54, 1.807) is 23.0 Å². The lowest BCUT2D eigenvalue weighted by Crippen LogP contribution is -2.21. The maximum atomic E-state index is 11.7. The van der Waals surface area contributed by atoms with Gasteiger partial charge in [0.15, 0.2) is 5.65 Å². The van der Waals surface area contributed by atoms with Crippen molar-refractivity contribution in [3.63, 3.8) is 0 Å². The van der Waals surface area contributed by atoms with E-state index in [2.05, 4.69) is 16.5 Å². The molecule has 9 heteroatoms. The Morgan fingerprint density at radius 2 is 2.00 bits per heavy atom. The van der Waals surface area contributed by atoms with Gasteiger partial charge in [-0.25, -0.2) is 4.68 Å². The maximum absolute atomic E-state index is 11.7. The number of hydrogen-bond donors (Lipinski definition) is 2. The van der Waals surface area contributed by atoms with Crippen LogP contribution in [0, 0.1) is 18.3 Å². The second-order valence-corrected chi connectivity index (χ2v) is 7.35. The molecule has 0 fully saturated rings. The highest BCUT2D eigenvalue weighted by atomic mass is 16.1. The number of hydrogen-bond acceptors (Lipinski definition) is 7. The fraction of sp³-hybridized carbons (Fsp3) is 0.174. The molecule has 0 aliphatic carbocycles. The van der Waals surface area contributed by atoms with E-state index in [9.17, 15) is 4.79 Å². The Kier molecular flexibility index (Phi) is 5.68. The van der Waals surface area contributed by atoms with Crippen LogP contribution in [-0.4, -0.2) is 39.2 Å². The highest BCUT2D eigenvalue weighted by Crippen LogP contribution is 2.29. The minimum absolute atomic E-state index is 0.346. The van der Waals surface area contributed by atoms with Crippen molar-refractivity contribution >= 4 is 34.4 Å². The fourth-order valence-corrected chi connectivity index (χ4v) is 3.28. The zero-order valence-electron chi connectivity index (χ0n) is 17.8. The minimum atomic E-state index is -0.505. The highest BCUT2D eigenvalue weighted by molar-refractivity contribution is 5.95. The summed E-state index contributed by atoms with van der Waals surface area (Å²) in [6, 6.07) is 17.1. The number of anilines is 3. The second-order valence-electron chi connectivity index (χ2n) is 7.35. The summed E-state index contributed by atoms with van der Waals surface area (Å²) in [5.74, 6) is 0.493. The van der Waals surface area contributed by atoms with Crippen molar-refractivity contribution < 1.29 is 4.79 Å². The minimum Gasteiger partial charge on any atom is -0.366 e. The van der Waals surface area contributed by atoms with E-state index in [1.165, 1.54) is 0 Å². The van der Waals surface area contributed by atoms with E-state index in [4.69, 9.17) is 21.0 Å². The van der Waals surface area contributed by atoms with Crippen LogP contribution < -0.4 is 16.0 Å². The first-order valence-electron chi connectivity index (χ1n) is 10.0. The van der Waals surface area contributed by atoms with Crippen molar-refractivity contribution in [1.82, 2.24) is 19.7 Å². The van der Waals surface area contributed by atoms with Crippen LogP contribution in [0.1, 0.15) is 22.3 Å². The number of aromatic nitrogens is 4. The monoisotopic (exact) mass is 426 g/mol. The van der Waals surface area contributed by atoms with Crippen molar-refractivity contribution in [2.75, 3.05) is 23.8 Å². The molecule has 0 spiro atoms. The summed E-state index contributed by atoms with van der Waals surface area (Å²) in [7, 11) is 1.84. The van der Waals surface area contributed by atoms with E-state index >= 15 is 0 Å². The van der Waals surface area contributed by atoms with E-state index in [0.717, 1.165) is 16.6 Å². The molecule has 160 valence electrons. The molecule has 32 heavy (non-hydrogen) atoms. The molecule has 0 aliphatic heterocycles. The molecule has 0 atom stereocenters. The number of rotatable bonds is 7. The molecule has 0 saturated carbocycles. The van der Waals surface area contributed by atoms with Crippen LogP contribution in [-0.2, 0) is 0 Å². The van der Waals surface area contributed by atoms with Gasteiger partial charge in [-0.05, 0) is 36.8 Å². The number of carbonyl (C=O) groups is 1. The van der Waals surface area contributed by atoms with Crippen LogP contribution in [0.15, 0.2) is 54.7 Å². The van der Waals surface area contributed by atoms with Gasteiger partial charge >= 0.3 is 0 Å². The summed E-state index contributed by atoms with van der Waals surface area (Å²) < 4.78 is 1.75. The lowest BCUT2D eigenvalue weighted by molar-refractivity contribution is 0.100. The average molecular weight is 426 g/mol. The third kappa shape index (κ3) is 4.06. The van der Waals surface area contributed by atoms with E-state index in [-0.39, 0.29) is 0 Å². The van der Waals surface area contributed by atoms with Gasteiger partial charge in [-0.15, -0.1) is 0 Å². The third-order valence-electron chi connectivity index (χ3n) is 5.09. The van der Waals surface area contributed by atoms with Crippen molar-refractivity contribution in [2.45, 2.75) is 13.3 Å². The molecule has 0 unspecified atom stereocenters. The average Bonchev–Trinajstić information content (AvgIpc) is 3.23. The smallest absolute Gasteiger partial charge is 0.248 e. The molecule has 0 aliphatic rings. The number of benzene rings is 2. The maximum Gasteiger partial charge on any atom is 0.248 e. The number of nitriles is 1. The van der Waals surface area contributed by atoms with Gasteiger partial charge in [0.05, 0.1) is 29.8 Å². The summed E-state index contributed by atoms with van der Waals surface area (Å²) in [5, 5.41) is 17.5. The Morgan fingerprint density at radius 3 is 2.72 bits per heavy atom. The summed E-state index contributed by atoms with van der Waals surface area (Å²) in [4.78, 5) is 22.9. The zero-order chi connectivity index (χ0) is 22.7. The van der Waals surface area contributed by atoms with E-state index in [1.807, 2.05) is 55.3 Å². The molecule has 2 aromatic carbocycles. The number of nitrogens with zero attached hydrogens (tertiary/aromatic N) is 6. The molecule has 0 saturated heterocycles. The van der Waals surface area contributed by atoms with Gasteiger partial charge in [-0.2, -0.15) is 20.3 Å². The van der Waals surface area contributed by atoms with Crippen molar-refractivity contribution in [1.29, 1.82) is 5.26 Å². The molecule has 4 aromatic rings. The van der Waals surface area contributed by atoms with Crippen LogP contribution >= 0.6 is 0 Å². The number of primary amides is 1. The van der Waals surface area contributed by atoms with Gasteiger partial charge in [0.25, 0.3) is 0 Å². The van der Waals surface area contributed by atoms with Crippen molar-refractivity contribution in [3.8, 4) is 11.8 Å². The molecule has 9 nitrogen and oxygen atoms in total. The van der Waals surface area contributed by atoms with Crippen LogP contribution in [0.25, 0.3) is 16.7 Å². The second kappa shape index (κ2) is 8.73. The van der Waals surface area contributed by atoms with Crippen LogP contribution in [0.2, 0.25) is 0 Å². The predicted octanol–water partition coefficient (Wildman–Crippen LogP) is 3.32. The summed E-state index contributed by atoms with van der Waals surface area (Å²) >= 11 is 0. The van der Waals surface area contributed by atoms with Gasteiger partial charge < -0.3 is 16.0 Å². The van der Waals surface area contributed by atoms with Gasteiger partial charge in [0.2, 0.25) is 11.9 Å². The molecular weight excluding hydrogens is 404 g/mol. The summed E-state index contributed by atoms with van der Waals surface area (Å²) in [6.07, 6.45) is 2.05. The first-order chi connectivity index (χ1) is 15.5. The molecule has 1 amide bonds. The van der Waals surface area contributed by atoms with Crippen molar-refractivity contribution in [2.24, 2.45) is 5.73 Å². The van der Waals surface area contributed by atoms with Gasteiger partial charge in [-0.3, -0.25) is 4.79 Å². The summed E-state index contributed by atoms with van der Waals surface area (Å²) in [5.41, 5.74) is 8.98. The molecule has 0 bridgehead atoms. The van der Waals surface area contributed by atoms with Crippen LogP contribution in [0.4, 0.5) is 17.5 Å². The molecule has 2 aromatic heterocycles. The largest absolute Gasteiger partial charge is 0.366 e. The summed E-state index contributed by atoms with van der Waals surface area (Å²) in [6.45, 7) is 2.41. The molecule has 4 rings (SSSR count). The molecule has 3 N–H and O–H groups in total. The van der Waals surface area contributed by atoms with E-state index < -0.39 is 5.91 Å². The van der Waals surface area contributed by atoms with Crippen molar-refractivity contribution in [3.05, 3.63) is 65.9 Å². The Bertz CT molecular complexity index is 1320. The predicted molar refractivity (Wildman–Crippen MR) is 123 cm³/mol. The normalized spacial score (nSPS) is 10.7. The number of nitrogens with one attached hydrogen (secondary N) is 1.